The maximum absolute atomic E-state index is 13.1. The molecule has 2 atom stereocenters. The molecule has 1 amide bonds. The maximum atomic E-state index is 13.1. The predicted molar refractivity (Wildman–Crippen MR) is 114 cm³/mol. The van der Waals surface area contributed by atoms with Crippen molar-refractivity contribution in [3.05, 3.63) is 77.4 Å². The standard InChI is InChI=1S/C22H20ClN5O3/c1-30-19-9-5-3-7-15(19)17-12-18-22(29)27(10-11-28(18)25-17)13-20-24-21(26-31-20)14-6-2-4-8-16(14)23/h2-11,17-18,25H,12-13H2,1H3. The summed E-state index contributed by atoms with van der Waals surface area (Å²) >= 11 is 6.21. The maximum Gasteiger partial charge on any atom is 0.251 e. The number of halogens is 1. The Balaban J connectivity index is 1.31. The van der Waals surface area contributed by atoms with Crippen LogP contribution in [0.1, 0.15) is 23.9 Å². The highest BCUT2D eigenvalue weighted by Crippen LogP contribution is 2.35. The van der Waals surface area contributed by atoms with Gasteiger partial charge in [0.1, 0.15) is 18.3 Å². The van der Waals surface area contributed by atoms with Gasteiger partial charge in [0.25, 0.3) is 5.91 Å². The number of nitrogens with zero attached hydrogens (tertiary/aromatic N) is 4. The zero-order valence-corrected chi connectivity index (χ0v) is 17.5. The zero-order valence-electron chi connectivity index (χ0n) is 16.7. The monoisotopic (exact) mass is 437 g/mol. The number of amides is 1. The number of hydrogen-bond acceptors (Lipinski definition) is 7. The lowest BCUT2D eigenvalue weighted by molar-refractivity contribution is -0.135. The molecule has 0 radical (unpaired) electrons. The number of rotatable bonds is 5. The van der Waals surface area contributed by atoms with E-state index in [4.69, 9.17) is 20.9 Å². The number of fused-ring (bicyclic) bond motifs is 1. The fraction of sp³-hybridized carbons (Fsp3) is 0.227. The van der Waals surface area contributed by atoms with Crippen LogP contribution in [0.25, 0.3) is 11.4 Å². The minimum atomic E-state index is -0.328. The summed E-state index contributed by atoms with van der Waals surface area (Å²) in [6.07, 6.45) is 4.19. The average molecular weight is 438 g/mol. The molecule has 1 fully saturated rings. The Hall–Kier alpha value is -3.36. The Kier molecular flexibility index (Phi) is 5.09. The Morgan fingerprint density at radius 1 is 1.19 bits per heavy atom. The summed E-state index contributed by atoms with van der Waals surface area (Å²) in [6, 6.07) is 14.8. The van der Waals surface area contributed by atoms with E-state index < -0.39 is 0 Å². The van der Waals surface area contributed by atoms with Crippen LogP contribution in [0.5, 0.6) is 5.75 Å². The van der Waals surface area contributed by atoms with E-state index in [1.165, 1.54) is 0 Å². The topological polar surface area (TPSA) is 83.7 Å². The van der Waals surface area contributed by atoms with E-state index in [1.807, 2.05) is 53.7 Å². The highest BCUT2D eigenvalue weighted by molar-refractivity contribution is 6.33. The van der Waals surface area contributed by atoms with Crippen molar-refractivity contribution in [2.45, 2.75) is 25.0 Å². The summed E-state index contributed by atoms with van der Waals surface area (Å²) in [6.45, 7) is 0.191. The molecule has 158 valence electrons. The number of nitrogens with one attached hydrogen (secondary N) is 1. The fourth-order valence-corrected chi connectivity index (χ4v) is 4.16. The minimum absolute atomic E-state index is 0.0232. The lowest BCUT2D eigenvalue weighted by Gasteiger charge is -2.30. The van der Waals surface area contributed by atoms with Gasteiger partial charge >= 0.3 is 0 Å². The van der Waals surface area contributed by atoms with Gasteiger partial charge in [0.15, 0.2) is 0 Å². The quantitative estimate of drug-likeness (QED) is 0.653. The van der Waals surface area contributed by atoms with Crippen molar-refractivity contribution >= 4 is 17.5 Å². The van der Waals surface area contributed by atoms with Crippen LogP contribution in [-0.2, 0) is 11.3 Å². The van der Waals surface area contributed by atoms with Crippen molar-refractivity contribution in [2.75, 3.05) is 7.11 Å². The smallest absolute Gasteiger partial charge is 0.251 e. The third-order valence-electron chi connectivity index (χ3n) is 5.48. The number of benzene rings is 2. The predicted octanol–water partition coefficient (Wildman–Crippen LogP) is 3.53. The summed E-state index contributed by atoms with van der Waals surface area (Å²) in [7, 11) is 1.65. The molecule has 3 aromatic rings. The number of hydrogen-bond donors (Lipinski definition) is 1. The Morgan fingerprint density at radius 2 is 2.00 bits per heavy atom. The minimum Gasteiger partial charge on any atom is -0.496 e. The Bertz CT molecular complexity index is 1150. The molecule has 1 saturated heterocycles. The van der Waals surface area contributed by atoms with Gasteiger partial charge in [0.2, 0.25) is 11.7 Å². The van der Waals surface area contributed by atoms with Crippen molar-refractivity contribution in [1.82, 2.24) is 25.5 Å². The molecule has 1 aromatic heterocycles. The van der Waals surface area contributed by atoms with Gasteiger partial charge in [-0.2, -0.15) is 4.98 Å². The van der Waals surface area contributed by atoms with Crippen molar-refractivity contribution in [2.24, 2.45) is 0 Å². The zero-order chi connectivity index (χ0) is 21.4. The number of para-hydroxylation sites is 1. The van der Waals surface area contributed by atoms with Gasteiger partial charge in [0.05, 0.1) is 18.2 Å². The van der Waals surface area contributed by atoms with Gasteiger partial charge in [-0.1, -0.05) is 47.1 Å². The third kappa shape index (κ3) is 3.64. The molecule has 1 N–H and O–H groups in total. The molecule has 0 saturated carbocycles. The van der Waals surface area contributed by atoms with Gasteiger partial charge in [-0.3, -0.25) is 4.79 Å². The van der Waals surface area contributed by atoms with Gasteiger partial charge in [-0.15, -0.1) is 0 Å². The molecule has 2 aromatic carbocycles. The van der Waals surface area contributed by atoms with E-state index >= 15 is 0 Å². The molecule has 8 nitrogen and oxygen atoms in total. The molecule has 0 aliphatic carbocycles. The number of methoxy groups -OCH3 is 1. The first-order chi connectivity index (χ1) is 15.1. The Labute approximate surface area is 184 Å². The van der Waals surface area contributed by atoms with E-state index in [9.17, 15) is 4.79 Å². The second-order valence-corrected chi connectivity index (χ2v) is 7.75. The van der Waals surface area contributed by atoms with Crippen LogP contribution in [0.3, 0.4) is 0 Å². The summed E-state index contributed by atoms with van der Waals surface area (Å²) < 4.78 is 10.8. The highest BCUT2D eigenvalue weighted by Gasteiger charge is 2.41. The number of aromatic nitrogens is 2. The Morgan fingerprint density at radius 3 is 2.84 bits per heavy atom. The first-order valence-electron chi connectivity index (χ1n) is 9.88. The molecule has 2 unspecified atom stereocenters. The van der Waals surface area contributed by atoms with Crippen LogP contribution in [0.2, 0.25) is 5.02 Å². The first kappa shape index (κ1) is 19.6. The molecule has 2 aliphatic heterocycles. The molecule has 0 spiro atoms. The van der Waals surface area contributed by atoms with E-state index in [1.54, 1.807) is 24.3 Å². The molecule has 0 bridgehead atoms. The first-order valence-corrected chi connectivity index (χ1v) is 10.3. The van der Waals surface area contributed by atoms with Crippen LogP contribution in [0, 0.1) is 0 Å². The second-order valence-electron chi connectivity index (χ2n) is 7.34. The van der Waals surface area contributed by atoms with Crippen LogP contribution in [0.15, 0.2) is 65.5 Å². The van der Waals surface area contributed by atoms with E-state index in [0.717, 1.165) is 11.3 Å². The number of hydrazine groups is 1. The second kappa shape index (κ2) is 8.05. The SMILES string of the molecule is COc1ccccc1C1CC2C(=O)N(Cc3nc(-c4ccccc4Cl)no3)C=CN2N1. The van der Waals surface area contributed by atoms with Gasteiger partial charge in [0, 0.05) is 23.5 Å². The summed E-state index contributed by atoms with van der Waals surface area (Å²) in [5.41, 5.74) is 5.09. The van der Waals surface area contributed by atoms with Crippen molar-refractivity contribution < 1.29 is 14.1 Å². The molecule has 2 aliphatic rings. The molecule has 3 heterocycles. The van der Waals surface area contributed by atoms with Crippen LogP contribution >= 0.6 is 11.6 Å². The van der Waals surface area contributed by atoms with E-state index in [0.29, 0.717) is 28.7 Å². The van der Waals surface area contributed by atoms with Gasteiger partial charge < -0.3 is 19.2 Å². The summed E-state index contributed by atoms with van der Waals surface area (Å²) in [4.78, 5) is 19.1. The molecular weight excluding hydrogens is 418 g/mol. The van der Waals surface area contributed by atoms with E-state index in [2.05, 4.69) is 15.6 Å². The molecule has 5 rings (SSSR count). The lowest BCUT2D eigenvalue weighted by atomic mass is 10.00. The summed E-state index contributed by atoms with van der Waals surface area (Å²) in [5.74, 6) is 1.50. The van der Waals surface area contributed by atoms with Gasteiger partial charge in [-0.25, -0.2) is 5.43 Å². The van der Waals surface area contributed by atoms with Crippen LogP contribution < -0.4 is 10.2 Å². The number of carbonyl (C=O) groups is 1. The third-order valence-corrected chi connectivity index (χ3v) is 5.81. The summed E-state index contributed by atoms with van der Waals surface area (Å²) in [5, 5.41) is 6.39. The lowest BCUT2D eigenvalue weighted by Crippen LogP contribution is -2.47. The van der Waals surface area contributed by atoms with Crippen molar-refractivity contribution in [3.63, 3.8) is 0 Å². The van der Waals surface area contributed by atoms with Crippen LogP contribution in [-0.4, -0.2) is 39.1 Å². The molecule has 31 heavy (non-hydrogen) atoms. The van der Waals surface area contributed by atoms with Crippen molar-refractivity contribution in [3.8, 4) is 17.1 Å². The number of ether oxygens (including phenoxy) is 1. The normalized spacial score (nSPS) is 20.3. The number of carbonyl (C=O) groups excluding carboxylic acids is 1. The molecular formula is C22H20ClN5O3. The van der Waals surface area contributed by atoms with E-state index in [-0.39, 0.29) is 24.5 Å². The molecule has 9 heteroatoms. The fourth-order valence-electron chi connectivity index (χ4n) is 3.94. The van der Waals surface area contributed by atoms with Crippen molar-refractivity contribution in [1.29, 1.82) is 0 Å². The average Bonchev–Trinajstić information content (AvgIpc) is 3.44. The van der Waals surface area contributed by atoms with Crippen LogP contribution in [0.4, 0.5) is 0 Å². The largest absolute Gasteiger partial charge is 0.496 e. The van der Waals surface area contributed by atoms with Gasteiger partial charge in [-0.05, 0) is 24.6 Å². The highest BCUT2D eigenvalue weighted by atomic mass is 35.5.